The van der Waals surface area contributed by atoms with Crippen LogP contribution in [0.2, 0.25) is 0 Å². The molecule has 2 bridgehead atoms. The van der Waals surface area contributed by atoms with E-state index in [9.17, 15) is 0 Å². The topological polar surface area (TPSA) is 34.0 Å². The number of hydrogen-bond acceptors (Lipinski definition) is 3. The van der Waals surface area contributed by atoms with Crippen LogP contribution in [0.25, 0.3) is 11.1 Å². The van der Waals surface area contributed by atoms with Gasteiger partial charge in [0.05, 0.1) is 5.69 Å². The van der Waals surface area contributed by atoms with Crippen LogP contribution in [0, 0.1) is 42.4 Å². The normalized spacial score (nSPS) is 34.9. The van der Waals surface area contributed by atoms with E-state index < -0.39 is 0 Å². The van der Waals surface area contributed by atoms with Gasteiger partial charge in [-0.1, -0.05) is 18.2 Å². The molecule has 0 aromatic carbocycles. The number of nitrogens with zero attached hydrogens (tertiary/aromatic N) is 4. The van der Waals surface area contributed by atoms with Crippen molar-refractivity contribution in [2.24, 2.45) is 42.6 Å². The molecule has 4 aliphatic rings. The molecular formula is C26H34N4. The summed E-state index contributed by atoms with van der Waals surface area (Å²) in [6, 6.07) is 4.47. The molecule has 0 radical (unpaired) electrons. The molecule has 6 rings (SSSR count). The molecule has 1 aliphatic heterocycles. The van der Waals surface area contributed by atoms with Crippen molar-refractivity contribution >= 4 is 0 Å². The Kier molecular flexibility index (Phi) is 4.60. The third kappa shape index (κ3) is 3.43. The number of aromatic nitrogens is 3. The van der Waals surface area contributed by atoms with Gasteiger partial charge in [0.2, 0.25) is 0 Å². The summed E-state index contributed by atoms with van der Waals surface area (Å²) in [5, 5.41) is 4.46. The Morgan fingerprint density at radius 2 is 1.87 bits per heavy atom. The van der Waals surface area contributed by atoms with Crippen LogP contribution in [0.15, 0.2) is 36.7 Å². The van der Waals surface area contributed by atoms with Gasteiger partial charge in [-0.3, -0.25) is 9.67 Å². The second-order valence-corrected chi connectivity index (χ2v) is 10.7. The Labute approximate surface area is 180 Å². The lowest BCUT2D eigenvalue weighted by Gasteiger charge is -2.26. The zero-order valence-corrected chi connectivity index (χ0v) is 18.4. The van der Waals surface area contributed by atoms with Crippen LogP contribution in [0.3, 0.4) is 0 Å². The molecule has 2 aromatic rings. The van der Waals surface area contributed by atoms with Gasteiger partial charge in [0, 0.05) is 55.9 Å². The number of aryl methyl sites for hydroxylation is 2. The summed E-state index contributed by atoms with van der Waals surface area (Å²) in [7, 11) is 1.98. The minimum Gasteiger partial charge on any atom is -0.302 e. The van der Waals surface area contributed by atoms with Crippen LogP contribution in [0.4, 0.5) is 0 Å². The molecule has 3 heterocycles. The SMILES string of the molecule is Cc1nn(C)cc1-c1ccc(CC2C[C@@H]3CN(CC4CC5C=CC4C5)C[C@@H]3C2)nc1. The van der Waals surface area contributed by atoms with Crippen LogP contribution >= 0.6 is 0 Å². The summed E-state index contributed by atoms with van der Waals surface area (Å²) in [4.78, 5) is 7.63. The highest BCUT2D eigenvalue weighted by Crippen LogP contribution is 2.46. The van der Waals surface area contributed by atoms with Crippen molar-refractivity contribution in [1.82, 2.24) is 19.7 Å². The molecule has 3 fully saturated rings. The van der Waals surface area contributed by atoms with Crippen LogP contribution in [0.1, 0.15) is 37.1 Å². The maximum Gasteiger partial charge on any atom is 0.0672 e. The minimum atomic E-state index is 0.825. The molecule has 1 saturated heterocycles. The second-order valence-electron chi connectivity index (χ2n) is 10.7. The molecule has 3 aliphatic carbocycles. The average Bonchev–Trinajstić information content (AvgIpc) is 3.51. The summed E-state index contributed by atoms with van der Waals surface area (Å²) in [5.41, 5.74) is 4.70. The first kappa shape index (κ1) is 18.8. The van der Waals surface area contributed by atoms with E-state index in [-0.39, 0.29) is 0 Å². The van der Waals surface area contributed by atoms with Gasteiger partial charge in [-0.2, -0.15) is 5.10 Å². The van der Waals surface area contributed by atoms with E-state index in [1.165, 1.54) is 62.1 Å². The van der Waals surface area contributed by atoms with E-state index in [4.69, 9.17) is 4.98 Å². The van der Waals surface area contributed by atoms with Gasteiger partial charge in [-0.05, 0) is 80.6 Å². The van der Waals surface area contributed by atoms with Gasteiger partial charge in [-0.15, -0.1) is 0 Å². The van der Waals surface area contributed by atoms with Crippen molar-refractivity contribution in [2.75, 3.05) is 19.6 Å². The fourth-order valence-corrected chi connectivity index (χ4v) is 7.16. The molecule has 30 heavy (non-hydrogen) atoms. The highest BCUT2D eigenvalue weighted by atomic mass is 15.2. The van der Waals surface area contributed by atoms with E-state index in [1.807, 2.05) is 17.9 Å². The molecule has 4 heteroatoms. The number of hydrogen-bond donors (Lipinski definition) is 0. The van der Waals surface area contributed by atoms with E-state index in [2.05, 4.69) is 47.4 Å². The largest absolute Gasteiger partial charge is 0.302 e. The zero-order valence-electron chi connectivity index (χ0n) is 18.4. The van der Waals surface area contributed by atoms with E-state index in [0.29, 0.717) is 0 Å². The van der Waals surface area contributed by atoms with E-state index in [0.717, 1.165) is 47.6 Å². The lowest BCUT2D eigenvalue weighted by molar-refractivity contribution is 0.233. The van der Waals surface area contributed by atoms with E-state index >= 15 is 0 Å². The Morgan fingerprint density at radius 3 is 2.47 bits per heavy atom. The summed E-state index contributed by atoms with van der Waals surface area (Å²) in [6.45, 7) is 6.13. The van der Waals surface area contributed by atoms with Crippen molar-refractivity contribution in [2.45, 2.75) is 39.0 Å². The molecule has 4 nitrogen and oxygen atoms in total. The Hall–Kier alpha value is -1.94. The monoisotopic (exact) mass is 402 g/mol. The van der Waals surface area contributed by atoms with Gasteiger partial charge in [0.1, 0.15) is 0 Å². The number of allylic oxidation sites excluding steroid dienone is 2. The predicted octanol–water partition coefficient (Wildman–Crippen LogP) is 4.50. The standard InChI is InChI=1S/C26H34N4/c1-17-26(16-29(2)28-17)21-5-6-25(27-12-21)11-19-9-23-14-30(15-24(23)10-19)13-22-8-18-3-4-20(22)7-18/h3-6,12,16,18-20,22-24H,7-11,13-15H2,1-2H3/t18?,19?,20?,22?,23-,24+. The van der Waals surface area contributed by atoms with Crippen LogP contribution in [-0.4, -0.2) is 39.3 Å². The fraction of sp³-hybridized carbons (Fsp3) is 0.615. The summed E-state index contributed by atoms with van der Waals surface area (Å²) in [5.74, 6) is 5.44. The molecule has 158 valence electrons. The maximum absolute atomic E-state index is 4.81. The van der Waals surface area contributed by atoms with Gasteiger partial charge < -0.3 is 4.90 Å². The molecule has 2 aromatic heterocycles. The maximum atomic E-state index is 4.81. The number of likely N-dealkylation sites (tertiary alicyclic amines) is 1. The Morgan fingerprint density at radius 1 is 1.03 bits per heavy atom. The fourth-order valence-electron chi connectivity index (χ4n) is 7.16. The molecule has 6 atom stereocenters. The van der Waals surface area contributed by atoms with Crippen molar-refractivity contribution in [3.8, 4) is 11.1 Å². The van der Waals surface area contributed by atoms with Gasteiger partial charge in [-0.25, -0.2) is 0 Å². The molecule has 0 amide bonds. The van der Waals surface area contributed by atoms with E-state index in [1.54, 1.807) is 0 Å². The number of pyridine rings is 1. The molecular weight excluding hydrogens is 368 g/mol. The first-order valence-electron chi connectivity index (χ1n) is 12.0. The summed E-state index contributed by atoms with van der Waals surface area (Å²) >= 11 is 0. The number of rotatable bonds is 5. The first-order chi connectivity index (χ1) is 14.6. The van der Waals surface area contributed by atoms with Crippen LogP contribution in [-0.2, 0) is 13.5 Å². The molecule has 4 unspecified atom stereocenters. The zero-order chi connectivity index (χ0) is 20.2. The van der Waals surface area contributed by atoms with Gasteiger partial charge in [0.15, 0.2) is 0 Å². The quantitative estimate of drug-likeness (QED) is 0.691. The average molecular weight is 403 g/mol. The second kappa shape index (κ2) is 7.33. The smallest absolute Gasteiger partial charge is 0.0672 e. The van der Waals surface area contributed by atoms with Crippen molar-refractivity contribution in [3.63, 3.8) is 0 Å². The van der Waals surface area contributed by atoms with Crippen molar-refractivity contribution in [1.29, 1.82) is 0 Å². The number of fused-ring (bicyclic) bond motifs is 3. The highest BCUT2D eigenvalue weighted by Gasteiger charge is 2.43. The first-order valence-corrected chi connectivity index (χ1v) is 12.0. The van der Waals surface area contributed by atoms with Gasteiger partial charge >= 0.3 is 0 Å². The minimum absolute atomic E-state index is 0.825. The lowest BCUT2D eigenvalue weighted by Crippen LogP contribution is -2.30. The third-order valence-corrected chi connectivity index (χ3v) is 8.48. The summed E-state index contributed by atoms with van der Waals surface area (Å²) in [6.07, 6.45) is 16.0. The van der Waals surface area contributed by atoms with Gasteiger partial charge in [0.25, 0.3) is 0 Å². The summed E-state index contributed by atoms with van der Waals surface area (Å²) < 4.78 is 1.88. The van der Waals surface area contributed by atoms with Crippen LogP contribution < -0.4 is 0 Å². The lowest BCUT2D eigenvalue weighted by atomic mass is 9.93. The molecule has 2 saturated carbocycles. The molecule has 0 N–H and O–H groups in total. The van der Waals surface area contributed by atoms with Crippen LogP contribution in [0.5, 0.6) is 0 Å². The Balaban J connectivity index is 1.02. The van der Waals surface area contributed by atoms with Crippen molar-refractivity contribution < 1.29 is 0 Å². The predicted molar refractivity (Wildman–Crippen MR) is 120 cm³/mol. The highest BCUT2D eigenvalue weighted by molar-refractivity contribution is 5.64. The third-order valence-electron chi connectivity index (χ3n) is 8.48. The Bertz CT molecular complexity index is 928. The molecule has 0 spiro atoms. The van der Waals surface area contributed by atoms with Crippen molar-refractivity contribution in [3.05, 3.63) is 48.1 Å².